The Morgan fingerprint density at radius 1 is 1.46 bits per heavy atom. The molecule has 1 spiro atoms. The number of piperidine rings is 1. The molecule has 3 rings (SSSR count). The van der Waals surface area contributed by atoms with Crippen LogP contribution in [0, 0.1) is 5.41 Å². The second-order valence-electron chi connectivity index (χ2n) is 7.65. The average Bonchev–Trinajstić information content (AvgIpc) is 3.20. The van der Waals surface area contributed by atoms with Gasteiger partial charge < -0.3 is 15.5 Å². The Bertz CT molecular complexity index is 562. The molecule has 3 heterocycles. The van der Waals surface area contributed by atoms with Gasteiger partial charge in [-0.15, -0.1) is 0 Å². The molecule has 0 aromatic carbocycles. The van der Waals surface area contributed by atoms with Crippen molar-refractivity contribution in [3.63, 3.8) is 0 Å². The van der Waals surface area contributed by atoms with Crippen molar-refractivity contribution in [1.82, 2.24) is 25.3 Å². The molecule has 0 saturated carbocycles. The molecule has 2 N–H and O–H groups in total. The van der Waals surface area contributed by atoms with Crippen molar-refractivity contribution in [2.45, 2.75) is 65.2 Å². The first-order valence-electron chi connectivity index (χ1n) is 9.29. The lowest BCUT2D eigenvalue weighted by atomic mass is 9.77. The van der Waals surface area contributed by atoms with Crippen LogP contribution >= 0.6 is 0 Å². The molecule has 2 aliphatic heterocycles. The lowest BCUT2D eigenvalue weighted by Crippen LogP contribution is -2.46. The summed E-state index contributed by atoms with van der Waals surface area (Å²) in [7, 11) is 0. The van der Waals surface area contributed by atoms with E-state index < -0.39 is 0 Å². The minimum Gasteiger partial charge on any atom is -0.334 e. The Morgan fingerprint density at radius 3 is 2.83 bits per heavy atom. The van der Waals surface area contributed by atoms with Crippen LogP contribution in [0.3, 0.4) is 0 Å². The summed E-state index contributed by atoms with van der Waals surface area (Å²) in [6, 6.07) is 0.153. The van der Waals surface area contributed by atoms with Gasteiger partial charge in [-0.25, -0.2) is 0 Å². The Kier molecular flexibility index (Phi) is 5.25. The van der Waals surface area contributed by atoms with E-state index in [1.807, 2.05) is 22.0 Å². The molecule has 1 unspecified atom stereocenters. The van der Waals surface area contributed by atoms with Gasteiger partial charge in [-0.05, 0) is 58.5 Å². The van der Waals surface area contributed by atoms with Crippen LogP contribution in [0.5, 0.6) is 0 Å². The first-order chi connectivity index (χ1) is 11.5. The van der Waals surface area contributed by atoms with Gasteiger partial charge in [0.05, 0.1) is 12.2 Å². The number of aryl methyl sites for hydroxylation is 1. The van der Waals surface area contributed by atoms with Crippen molar-refractivity contribution >= 4 is 5.91 Å². The van der Waals surface area contributed by atoms with Crippen LogP contribution < -0.4 is 10.6 Å². The van der Waals surface area contributed by atoms with E-state index in [4.69, 9.17) is 0 Å². The predicted molar refractivity (Wildman–Crippen MR) is 94.5 cm³/mol. The number of carbonyl (C=O) groups is 1. The highest BCUT2D eigenvalue weighted by Crippen LogP contribution is 2.38. The van der Waals surface area contributed by atoms with Gasteiger partial charge in [-0.2, -0.15) is 5.10 Å². The quantitative estimate of drug-likeness (QED) is 0.854. The molecule has 1 atom stereocenters. The van der Waals surface area contributed by atoms with Crippen molar-refractivity contribution in [3.05, 3.63) is 18.0 Å². The van der Waals surface area contributed by atoms with E-state index in [0.29, 0.717) is 12.0 Å². The topological polar surface area (TPSA) is 62.2 Å². The second kappa shape index (κ2) is 7.23. The van der Waals surface area contributed by atoms with Crippen molar-refractivity contribution in [1.29, 1.82) is 0 Å². The maximum absolute atomic E-state index is 13.1. The maximum atomic E-state index is 13.1. The number of hydrogen-bond donors (Lipinski definition) is 2. The Morgan fingerprint density at radius 2 is 2.21 bits per heavy atom. The number of carbonyl (C=O) groups excluding carboxylic acids is 1. The minimum atomic E-state index is -0.0354. The van der Waals surface area contributed by atoms with Crippen LogP contribution in [-0.2, 0) is 17.9 Å². The van der Waals surface area contributed by atoms with Gasteiger partial charge in [0, 0.05) is 37.4 Å². The fourth-order valence-electron chi connectivity index (χ4n) is 4.00. The lowest BCUT2D eigenvalue weighted by molar-refractivity contribution is -0.135. The first-order valence-corrected chi connectivity index (χ1v) is 9.29. The molecule has 6 nitrogen and oxygen atoms in total. The number of amides is 1. The summed E-state index contributed by atoms with van der Waals surface area (Å²) in [6.45, 7) is 10.9. The third-order valence-electron chi connectivity index (χ3n) is 5.59. The fraction of sp³-hybridized carbons (Fsp3) is 0.778. The largest absolute Gasteiger partial charge is 0.334 e. The molecule has 0 radical (unpaired) electrons. The van der Waals surface area contributed by atoms with Gasteiger partial charge in [0.15, 0.2) is 0 Å². The van der Waals surface area contributed by atoms with Crippen molar-refractivity contribution in [3.8, 4) is 0 Å². The molecule has 134 valence electrons. The summed E-state index contributed by atoms with van der Waals surface area (Å²) < 4.78 is 1.91. The van der Waals surface area contributed by atoms with Crippen LogP contribution in [-0.4, -0.2) is 52.3 Å². The zero-order valence-corrected chi connectivity index (χ0v) is 15.2. The molecule has 1 amide bonds. The number of nitrogens with one attached hydrogen (secondary N) is 2. The molecular formula is C18H31N5O. The maximum Gasteiger partial charge on any atom is 0.240 e. The monoisotopic (exact) mass is 333 g/mol. The van der Waals surface area contributed by atoms with Gasteiger partial charge in [-0.1, -0.05) is 0 Å². The smallest absolute Gasteiger partial charge is 0.240 e. The Labute approximate surface area is 145 Å². The standard InChI is InChI=1S/C18H31N5O/c1-4-22-11-15(10-21-22)12-23(14(2)3)17(24)16-9-18(13-20-16)5-7-19-8-6-18/h10-11,14,16,19-20H,4-9,12-13H2,1-3H3. The van der Waals surface area contributed by atoms with Gasteiger partial charge >= 0.3 is 0 Å². The van der Waals surface area contributed by atoms with Crippen LogP contribution in [0.1, 0.15) is 45.6 Å². The normalized spacial score (nSPS) is 23.1. The molecule has 0 aliphatic carbocycles. The van der Waals surface area contributed by atoms with E-state index in [1.54, 1.807) is 0 Å². The van der Waals surface area contributed by atoms with Crippen molar-refractivity contribution in [2.24, 2.45) is 5.41 Å². The third-order valence-corrected chi connectivity index (χ3v) is 5.59. The summed E-state index contributed by atoms with van der Waals surface area (Å²) in [5, 5.41) is 11.3. The zero-order valence-electron chi connectivity index (χ0n) is 15.2. The van der Waals surface area contributed by atoms with Gasteiger partial charge in [0.25, 0.3) is 0 Å². The predicted octanol–water partition coefficient (Wildman–Crippen LogP) is 1.37. The van der Waals surface area contributed by atoms with Crippen LogP contribution in [0.15, 0.2) is 12.4 Å². The highest BCUT2D eigenvalue weighted by Gasteiger charge is 2.43. The Balaban J connectivity index is 1.66. The number of hydrogen-bond acceptors (Lipinski definition) is 4. The summed E-state index contributed by atoms with van der Waals surface area (Å²) >= 11 is 0. The lowest BCUT2D eigenvalue weighted by Gasteiger charge is -2.34. The highest BCUT2D eigenvalue weighted by atomic mass is 16.2. The molecule has 1 aromatic heterocycles. The molecule has 6 heteroatoms. The SMILES string of the molecule is CCn1cc(CN(C(=O)C2CC3(CCNCC3)CN2)C(C)C)cn1. The minimum absolute atomic E-state index is 0.0354. The Hall–Kier alpha value is -1.40. The van der Waals surface area contributed by atoms with E-state index in [1.165, 1.54) is 12.8 Å². The molecular weight excluding hydrogens is 302 g/mol. The summed E-state index contributed by atoms with van der Waals surface area (Å²) in [5.41, 5.74) is 1.43. The van der Waals surface area contributed by atoms with E-state index in [-0.39, 0.29) is 18.0 Å². The highest BCUT2D eigenvalue weighted by molar-refractivity contribution is 5.82. The molecule has 2 aliphatic rings. The van der Waals surface area contributed by atoms with E-state index in [0.717, 1.165) is 38.2 Å². The van der Waals surface area contributed by atoms with Crippen LogP contribution in [0.2, 0.25) is 0 Å². The fourth-order valence-corrected chi connectivity index (χ4v) is 4.00. The summed E-state index contributed by atoms with van der Waals surface area (Å²) in [6.07, 6.45) is 7.25. The van der Waals surface area contributed by atoms with Crippen molar-refractivity contribution < 1.29 is 4.79 Å². The zero-order chi connectivity index (χ0) is 17.2. The van der Waals surface area contributed by atoms with Gasteiger partial charge in [0.2, 0.25) is 5.91 Å². The number of rotatable bonds is 5. The summed E-state index contributed by atoms with van der Waals surface area (Å²) in [5.74, 6) is 0.240. The molecule has 0 bridgehead atoms. The van der Waals surface area contributed by atoms with E-state index in [9.17, 15) is 4.79 Å². The van der Waals surface area contributed by atoms with Crippen LogP contribution in [0.25, 0.3) is 0 Å². The third kappa shape index (κ3) is 3.64. The number of aromatic nitrogens is 2. The second-order valence-corrected chi connectivity index (χ2v) is 7.65. The van der Waals surface area contributed by atoms with Gasteiger partial charge in [0.1, 0.15) is 0 Å². The van der Waals surface area contributed by atoms with Crippen LogP contribution in [0.4, 0.5) is 0 Å². The first kappa shape index (κ1) is 17.4. The summed E-state index contributed by atoms with van der Waals surface area (Å²) in [4.78, 5) is 15.1. The van der Waals surface area contributed by atoms with E-state index in [2.05, 4.69) is 36.5 Å². The number of nitrogens with zero attached hydrogens (tertiary/aromatic N) is 3. The molecule has 24 heavy (non-hydrogen) atoms. The molecule has 1 aromatic rings. The van der Waals surface area contributed by atoms with Gasteiger partial charge in [-0.3, -0.25) is 9.48 Å². The molecule has 2 fully saturated rings. The molecule has 2 saturated heterocycles. The average molecular weight is 333 g/mol. The van der Waals surface area contributed by atoms with E-state index >= 15 is 0 Å². The van der Waals surface area contributed by atoms with Crippen molar-refractivity contribution in [2.75, 3.05) is 19.6 Å².